The summed E-state index contributed by atoms with van der Waals surface area (Å²) in [5.41, 5.74) is 1.22. The SMILES string of the molecule is CC1CN(c2cc(N3C[C@H](O)C[C@@H]3CN(C)C)ncn2)CCN1c1ccncc1. The molecule has 8 heteroatoms. The molecule has 0 spiro atoms. The maximum atomic E-state index is 10.2. The van der Waals surface area contributed by atoms with Crippen LogP contribution in [-0.2, 0) is 0 Å². The summed E-state index contributed by atoms with van der Waals surface area (Å²) in [4.78, 5) is 22.4. The van der Waals surface area contributed by atoms with E-state index >= 15 is 0 Å². The lowest BCUT2D eigenvalue weighted by molar-refractivity contribution is 0.191. The molecule has 2 saturated heterocycles. The van der Waals surface area contributed by atoms with Crippen LogP contribution in [0.5, 0.6) is 0 Å². The minimum atomic E-state index is -0.303. The van der Waals surface area contributed by atoms with E-state index in [1.165, 1.54) is 5.69 Å². The van der Waals surface area contributed by atoms with Gasteiger partial charge in [0, 0.05) is 69.0 Å². The Balaban J connectivity index is 1.48. The zero-order chi connectivity index (χ0) is 20.4. The molecule has 4 rings (SSSR count). The number of rotatable bonds is 5. The summed E-state index contributed by atoms with van der Waals surface area (Å²) >= 11 is 0. The van der Waals surface area contributed by atoms with Gasteiger partial charge in [0.15, 0.2) is 0 Å². The lowest BCUT2D eigenvalue weighted by atomic mass is 10.1. The molecule has 2 aromatic heterocycles. The van der Waals surface area contributed by atoms with Gasteiger partial charge in [-0.2, -0.15) is 0 Å². The highest BCUT2D eigenvalue weighted by Gasteiger charge is 2.33. The molecule has 29 heavy (non-hydrogen) atoms. The van der Waals surface area contributed by atoms with Gasteiger partial charge < -0.3 is 24.7 Å². The largest absolute Gasteiger partial charge is 0.391 e. The fraction of sp³-hybridized carbons (Fsp3) is 0.571. The van der Waals surface area contributed by atoms with Gasteiger partial charge in [-0.25, -0.2) is 9.97 Å². The molecule has 2 aliphatic rings. The first-order chi connectivity index (χ1) is 14.0. The molecule has 0 radical (unpaired) electrons. The molecular formula is C21H31N7O. The summed E-state index contributed by atoms with van der Waals surface area (Å²) < 4.78 is 0. The van der Waals surface area contributed by atoms with Crippen LogP contribution in [-0.4, -0.2) is 90.0 Å². The maximum Gasteiger partial charge on any atom is 0.134 e. The second kappa shape index (κ2) is 8.51. The Hall–Kier alpha value is -2.45. The predicted molar refractivity (Wildman–Crippen MR) is 116 cm³/mol. The van der Waals surface area contributed by atoms with Crippen LogP contribution >= 0.6 is 0 Å². The molecule has 3 atom stereocenters. The van der Waals surface area contributed by atoms with Crippen molar-refractivity contribution in [1.82, 2.24) is 19.9 Å². The van der Waals surface area contributed by atoms with E-state index in [2.05, 4.69) is 73.8 Å². The Morgan fingerprint density at radius 2 is 1.83 bits per heavy atom. The second-order valence-corrected chi connectivity index (χ2v) is 8.39. The third kappa shape index (κ3) is 4.43. The fourth-order valence-electron chi connectivity index (χ4n) is 4.52. The number of anilines is 3. The number of aromatic nitrogens is 3. The van der Waals surface area contributed by atoms with Crippen LogP contribution in [0.2, 0.25) is 0 Å². The van der Waals surface area contributed by atoms with Crippen LogP contribution in [0, 0.1) is 0 Å². The molecule has 1 N–H and O–H groups in total. The molecule has 156 valence electrons. The Morgan fingerprint density at radius 1 is 1.07 bits per heavy atom. The summed E-state index contributed by atoms with van der Waals surface area (Å²) in [6.07, 6.45) is 5.82. The van der Waals surface area contributed by atoms with Gasteiger partial charge in [0.2, 0.25) is 0 Å². The number of hydrogen-bond donors (Lipinski definition) is 1. The van der Waals surface area contributed by atoms with E-state index in [0.29, 0.717) is 12.6 Å². The second-order valence-electron chi connectivity index (χ2n) is 8.39. The van der Waals surface area contributed by atoms with Gasteiger partial charge in [-0.3, -0.25) is 4.98 Å². The van der Waals surface area contributed by atoms with Crippen LogP contribution in [0.25, 0.3) is 0 Å². The van der Waals surface area contributed by atoms with Crippen molar-refractivity contribution in [3.63, 3.8) is 0 Å². The van der Waals surface area contributed by atoms with Crippen molar-refractivity contribution in [2.45, 2.75) is 31.5 Å². The van der Waals surface area contributed by atoms with Gasteiger partial charge in [-0.1, -0.05) is 0 Å². The lowest BCUT2D eigenvalue weighted by Gasteiger charge is -2.41. The van der Waals surface area contributed by atoms with Crippen LogP contribution < -0.4 is 14.7 Å². The monoisotopic (exact) mass is 397 g/mol. The number of β-amino-alcohol motifs (C(OH)–C–C–N with tert-alkyl or cyclic N) is 1. The van der Waals surface area contributed by atoms with Gasteiger partial charge in [0.25, 0.3) is 0 Å². The molecule has 2 aliphatic heterocycles. The molecule has 4 heterocycles. The Labute approximate surface area is 172 Å². The number of nitrogens with zero attached hydrogens (tertiary/aromatic N) is 7. The summed E-state index contributed by atoms with van der Waals surface area (Å²) in [6.45, 7) is 6.53. The van der Waals surface area contributed by atoms with Crippen LogP contribution in [0.4, 0.5) is 17.3 Å². The molecule has 2 fully saturated rings. The van der Waals surface area contributed by atoms with Crippen LogP contribution in [0.1, 0.15) is 13.3 Å². The Morgan fingerprint density at radius 3 is 2.55 bits per heavy atom. The predicted octanol–water partition coefficient (Wildman–Crippen LogP) is 1.09. The molecule has 0 aliphatic carbocycles. The van der Waals surface area contributed by atoms with Gasteiger partial charge in [0.1, 0.15) is 18.0 Å². The van der Waals surface area contributed by atoms with Gasteiger partial charge >= 0.3 is 0 Å². The fourth-order valence-corrected chi connectivity index (χ4v) is 4.52. The first-order valence-electron chi connectivity index (χ1n) is 10.3. The molecule has 2 aromatic rings. The van der Waals surface area contributed by atoms with Gasteiger partial charge in [0.05, 0.1) is 6.10 Å². The van der Waals surface area contributed by atoms with Gasteiger partial charge in [-0.05, 0) is 39.6 Å². The Kier molecular flexibility index (Phi) is 5.82. The molecule has 1 unspecified atom stereocenters. The zero-order valence-electron chi connectivity index (χ0n) is 17.5. The number of likely N-dealkylation sites (N-methyl/N-ethyl adjacent to an activating group) is 1. The standard InChI is InChI=1S/C21H31N7O/c1-16-12-26(8-9-27(16)17-4-6-22-7-5-17)20-11-21(24-15-23-20)28-14-19(29)10-18(28)13-25(2)3/h4-7,11,15-16,18-19,29H,8-10,12-14H2,1-3H3/t16?,18-,19-/m1/s1. The van der Waals surface area contributed by atoms with Crippen molar-refractivity contribution < 1.29 is 5.11 Å². The highest BCUT2D eigenvalue weighted by molar-refractivity contribution is 5.54. The summed E-state index contributed by atoms with van der Waals surface area (Å²) in [5.74, 6) is 1.86. The van der Waals surface area contributed by atoms with E-state index in [4.69, 9.17) is 0 Å². The highest BCUT2D eigenvalue weighted by Crippen LogP contribution is 2.28. The molecule has 0 saturated carbocycles. The zero-order valence-corrected chi connectivity index (χ0v) is 17.5. The van der Waals surface area contributed by atoms with E-state index in [9.17, 15) is 5.11 Å². The minimum Gasteiger partial charge on any atom is -0.391 e. The van der Waals surface area contributed by atoms with Crippen molar-refractivity contribution >= 4 is 17.3 Å². The Bertz CT molecular complexity index is 803. The number of aliphatic hydroxyl groups is 1. The van der Waals surface area contributed by atoms with E-state index in [1.807, 2.05) is 12.4 Å². The number of hydrogen-bond acceptors (Lipinski definition) is 8. The van der Waals surface area contributed by atoms with Crippen LogP contribution in [0.3, 0.4) is 0 Å². The third-order valence-corrected chi connectivity index (χ3v) is 5.85. The molecule has 0 amide bonds. The van der Waals surface area contributed by atoms with E-state index in [1.54, 1.807) is 6.33 Å². The van der Waals surface area contributed by atoms with E-state index in [0.717, 1.165) is 44.2 Å². The number of pyridine rings is 1. The normalized spacial score (nSPS) is 25.1. The first-order valence-corrected chi connectivity index (χ1v) is 10.3. The van der Waals surface area contributed by atoms with Crippen molar-refractivity contribution in [2.75, 3.05) is 61.5 Å². The smallest absolute Gasteiger partial charge is 0.134 e. The van der Waals surface area contributed by atoms with Crippen molar-refractivity contribution in [2.24, 2.45) is 0 Å². The summed E-state index contributed by atoms with van der Waals surface area (Å²) in [7, 11) is 4.13. The van der Waals surface area contributed by atoms with E-state index < -0.39 is 0 Å². The van der Waals surface area contributed by atoms with E-state index in [-0.39, 0.29) is 12.1 Å². The average Bonchev–Trinajstić information content (AvgIpc) is 3.08. The molecular weight excluding hydrogens is 366 g/mol. The van der Waals surface area contributed by atoms with Gasteiger partial charge in [-0.15, -0.1) is 0 Å². The van der Waals surface area contributed by atoms with Crippen molar-refractivity contribution in [1.29, 1.82) is 0 Å². The molecule has 0 bridgehead atoms. The maximum absolute atomic E-state index is 10.2. The molecule has 0 aromatic carbocycles. The molecule has 8 nitrogen and oxygen atoms in total. The van der Waals surface area contributed by atoms with Crippen molar-refractivity contribution in [3.8, 4) is 0 Å². The number of aliphatic hydroxyl groups excluding tert-OH is 1. The van der Waals surface area contributed by atoms with Crippen molar-refractivity contribution in [3.05, 3.63) is 36.9 Å². The third-order valence-electron chi connectivity index (χ3n) is 5.85. The minimum absolute atomic E-state index is 0.269. The average molecular weight is 398 g/mol. The highest BCUT2D eigenvalue weighted by atomic mass is 16.3. The summed E-state index contributed by atoms with van der Waals surface area (Å²) in [5, 5.41) is 10.2. The summed E-state index contributed by atoms with van der Waals surface area (Å²) in [6, 6.07) is 6.86. The topological polar surface area (TPSA) is 71.9 Å². The quantitative estimate of drug-likeness (QED) is 0.804. The van der Waals surface area contributed by atoms with Crippen LogP contribution in [0.15, 0.2) is 36.9 Å². The first kappa shape index (κ1) is 19.8. The number of piperazine rings is 1. The lowest BCUT2D eigenvalue weighted by Crippen LogP contribution is -2.52.